The van der Waals surface area contributed by atoms with Crippen LogP contribution in [-0.4, -0.2) is 27.8 Å². The van der Waals surface area contributed by atoms with E-state index >= 15 is 0 Å². The van der Waals surface area contributed by atoms with E-state index in [-0.39, 0.29) is 22.2 Å². The Labute approximate surface area is 163 Å². The Kier molecular flexibility index (Phi) is 6.25. The van der Waals surface area contributed by atoms with Crippen LogP contribution in [0.4, 0.5) is 18.9 Å². The molecule has 0 aliphatic heterocycles. The zero-order valence-corrected chi connectivity index (χ0v) is 15.3. The summed E-state index contributed by atoms with van der Waals surface area (Å²) >= 11 is -0.315. The van der Waals surface area contributed by atoms with Crippen LogP contribution in [0.1, 0.15) is 10.4 Å². The third-order valence-electron chi connectivity index (χ3n) is 3.60. The van der Waals surface area contributed by atoms with Crippen LogP contribution in [-0.2, 0) is 6.54 Å². The minimum absolute atomic E-state index is 0.0465. The Hall–Kier alpha value is -2.94. The fraction of sp³-hybridized carbons (Fsp3) is 0.158. The summed E-state index contributed by atoms with van der Waals surface area (Å²) in [6, 6.07) is 14.1. The highest BCUT2D eigenvalue weighted by atomic mass is 32.2. The highest BCUT2D eigenvalue weighted by Crippen LogP contribution is 2.38. The van der Waals surface area contributed by atoms with Gasteiger partial charge in [0.25, 0.3) is 5.91 Å². The van der Waals surface area contributed by atoms with Gasteiger partial charge >= 0.3 is 5.51 Å². The van der Waals surface area contributed by atoms with Crippen molar-refractivity contribution in [2.75, 3.05) is 11.9 Å². The predicted octanol–water partition coefficient (Wildman–Crippen LogP) is 4.83. The predicted molar refractivity (Wildman–Crippen MR) is 100 cm³/mol. The minimum atomic E-state index is -4.47. The van der Waals surface area contributed by atoms with Gasteiger partial charge in [-0.15, -0.1) is 0 Å². The fourth-order valence-electron chi connectivity index (χ4n) is 2.42. The summed E-state index contributed by atoms with van der Waals surface area (Å²) in [5.41, 5.74) is -4.10. The lowest BCUT2D eigenvalue weighted by atomic mass is 10.2. The molecule has 0 bridgehead atoms. The zero-order valence-electron chi connectivity index (χ0n) is 14.5. The van der Waals surface area contributed by atoms with Gasteiger partial charge in [-0.05, 0) is 42.1 Å². The van der Waals surface area contributed by atoms with E-state index in [2.05, 4.69) is 10.4 Å². The van der Waals surface area contributed by atoms with Crippen molar-refractivity contribution < 1.29 is 22.7 Å². The molecule has 0 saturated heterocycles. The number of carbonyl (C=O) groups is 1. The number of nitrogens with one attached hydrogen (secondary N) is 1. The number of benzene rings is 2. The summed E-state index contributed by atoms with van der Waals surface area (Å²) < 4.78 is 45.4. The largest absolute Gasteiger partial charge is 0.492 e. The molecule has 9 heteroatoms. The van der Waals surface area contributed by atoms with Crippen molar-refractivity contribution in [3.05, 3.63) is 72.6 Å². The normalized spacial score (nSPS) is 11.2. The molecule has 3 rings (SSSR count). The first-order valence-electron chi connectivity index (χ1n) is 8.27. The van der Waals surface area contributed by atoms with Gasteiger partial charge in [0.15, 0.2) is 0 Å². The number of rotatable bonds is 7. The quantitative estimate of drug-likeness (QED) is 0.570. The second-order valence-electron chi connectivity index (χ2n) is 5.64. The summed E-state index contributed by atoms with van der Waals surface area (Å²) in [6.07, 6.45) is 3.49. The van der Waals surface area contributed by atoms with Gasteiger partial charge < -0.3 is 10.1 Å². The topological polar surface area (TPSA) is 56.1 Å². The van der Waals surface area contributed by atoms with Crippen molar-refractivity contribution in [1.29, 1.82) is 0 Å². The van der Waals surface area contributed by atoms with Crippen molar-refractivity contribution in [2.24, 2.45) is 0 Å². The number of ether oxygens (including phenoxy) is 1. The van der Waals surface area contributed by atoms with E-state index in [1.54, 1.807) is 35.1 Å². The molecule has 1 amide bonds. The van der Waals surface area contributed by atoms with Gasteiger partial charge in [-0.3, -0.25) is 9.48 Å². The van der Waals surface area contributed by atoms with E-state index in [1.165, 1.54) is 24.3 Å². The van der Waals surface area contributed by atoms with E-state index < -0.39 is 11.4 Å². The van der Waals surface area contributed by atoms with Crippen LogP contribution in [0, 0.1) is 0 Å². The molecule has 0 saturated carbocycles. The highest BCUT2D eigenvalue weighted by Gasteiger charge is 2.31. The van der Waals surface area contributed by atoms with Crippen LogP contribution in [0.3, 0.4) is 0 Å². The number of halogens is 3. The molecule has 5 nitrogen and oxygen atoms in total. The number of thioether (sulfide) groups is 1. The number of aromatic nitrogens is 2. The van der Waals surface area contributed by atoms with Crippen LogP contribution in [0.2, 0.25) is 0 Å². The third-order valence-corrected chi connectivity index (χ3v) is 4.40. The average molecular weight is 407 g/mol. The van der Waals surface area contributed by atoms with Crippen LogP contribution in [0.5, 0.6) is 5.75 Å². The summed E-state index contributed by atoms with van der Waals surface area (Å²) in [7, 11) is 0. The third kappa shape index (κ3) is 5.78. The van der Waals surface area contributed by atoms with Crippen LogP contribution in [0.25, 0.3) is 0 Å². The number of nitrogens with zero attached hydrogens (tertiary/aromatic N) is 2. The van der Waals surface area contributed by atoms with E-state index in [4.69, 9.17) is 4.74 Å². The average Bonchev–Trinajstić information content (AvgIpc) is 3.14. The summed E-state index contributed by atoms with van der Waals surface area (Å²) in [5.74, 6) is -0.0936. The number of alkyl halides is 3. The van der Waals surface area contributed by atoms with Crippen molar-refractivity contribution in [1.82, 2.24) is 9.78 Å². The highest BCUT2D eigenvalue weighted by molar-refractivity contribution is 8.00. The first-order valence-corrected chi connectivity index (χ1v) is 9.09. The molecule has 2 aromatic carbocycles. The number of amides is 1. The smallest absolute Gasteiger partial charge is 0.446 e. The van der Waals surface area contributed by atoms with Gasteiger partial charge in [0, 0.05) is 29.0 Å². The van der Waals surface area contributed by atoms with E-state index in [0.717, 1.165) is 0 Å². The molecule has 1 aromatic heterocycles. The first kappa shape index (κ1) is 19.8. The maximum atomic E-state index is 12.7. The maximum absolute atomic E-state index is 12.7. The number of anilines is 1. The van der Waals surface area contributed by atoms with Crippen molar-refractivity contribution in [2.45, 2.75) is 16.9 Å². The first-order chi connectivity index (χ1) is 13.4. The second kappa shape index (κ2) is 8.83. The van der Waals surface area contributed by atoms with Gasteiger partial charge in [0.1, 0.15) is 12.4 Å². The van der Waals surface area contributed by atoms with Gasteiger partial charge in [0.2, 0.25) is 0 Å². The Bertz CT molecular complexity index is 930. The lowest BCUT2D eigenvalue weighted by Gasteiger charge is -2.12. The Balaban J connectivity index is 1.64. The van der Waals surface area contributed by atoms with Gasteiger partial charge in [-0.1, -0.05) is 18.2 Å². The van der Waals surface area contributed by atoms with Gasteiger partial charge in [-0.25, -0.2) is 0 Å². The molecule has 0 spiro atoms. The standard InChI is InChI=1S/C19H16F3N3O2S/c20-19(21,22)28-17-8-2-1-7-16(17)18(26)24-14-5-3-6-15(13-14)27-12-11-25-10-4-9-23-25/h1-10,13H,11-12H2,(H,24,26). The van der Waals surface area contributed by atoms with Crippen molar-refractivity contribution in [3.63, 3.8) is 0 Å². The van der Waals surface area contributed by atoms with Gasteiger partial charge in [-0.2, -0.15) is 18.3 Å². The molecule has 3 aromatic rings. The second-order valence-corrected chi connectivity index (χ2v) is 6.75. The van der Waals surface area contributed by atoms with E-state index in [0.29, 0.717) is 24.6 Å². The molecule has 28 heavy (non-hydrogen) atoms. The van der Waals surface area contributed by atoms with E-state index in [9.17, 15) is 18.0 Å². The molecule has 1 N–H and O–H groups in total. The molecular formula is C19H16F3N3O2S. The summed E-state index contributed by atoms with van der Waals surface area (Å²) in [6.45, 7) is 0.940. The Morgan fingerprint density at radius 2 is 1.96 bits per heavy atom. The Morgan fingerprint density at radius 1 is 1.14 bits per heavy atom. The lowest BCUT2D eigenvalue weighted by Crippen LogP contribution is -2.14. The van der Waals surface area contributed by atoms with E-state index in [1.807, 2.05) is 12.3 Å². The van der Waals surface area contributed by atoms with Crippen LogP contribution >= 0.6 is 11.8 Å². The lowest BCUT2D eigenvalue weighted by molar-refractivity contribution is -0.0328. The number of carbonyl (C=O) groups excluding carboxylic acids is 1. The van der Waals surface area contributed by atoms with Gasteiger partial charge in [0.05, 0.1) is 12.1 Å². The zero-order chi connectivity index (χ0) is 20.0. The monoisotopic (exact) mass is 407 g/mol. The maximum Gasteiger partial charge on any atom is 0.446 e. The number of hydrogen-bond acceptors (Lipinski definition) is 4. The molecule has 0 fully saturated rings. The van der Waals surface area contributed by atoms with Crippen LogP contribution < -0.4 is 10.1 Å². The molecule has 0 unspecified atom stereocenters. The fourth-order valence-corrected chi connectivity index (χ4v) is 3.09. The SMILES string of the molecule is O=C(Nc1cccc(OCCn2cccn2)c1)c1ccccc1SC(F)(F)F. The molecule has 0 radical (unpaired) electrons. The van der Waals surface area contributed by atoms with Crippen LogP contribution in [0.15, 0.2) is 71.9 Å². The molecule has 1 heterocycles. The molecule has 146 valence electrons. The molecular weight excluding hydrogens is 391 g/mol. The molecule has 0 atom stereocenters. The molecule has 0 aliphatic carbocycles. The molecule has 0 aliphatic rings. The number of hydrogen-bond donors (Lipinski definition) is 1. The minimum Gasteiger partial charge on any atom is -0.492 e. The summed E-state index contributed by atoms with van der Waals surface area (Å²) in [5, 5.41) is 6.68. The Morgan fingerprint density at radius 3 is 2.71 bits per heavy atom. The van der Waals surface area contributed by atoms with Crippen molar-refractivity contribution in [3.8, 4) is 5.75 Å². The van der Waals surface area contributed by atoms with Crippen molar-refractivity contribution >= 4 is 23.4 Å². The summed E-state index contributed by atoms with van der Waals surface area (Å²) in [4.78, 5) is 12.3.